The smallest absolute Gasteiger partial charge is 0.237 e. The predicted molar refractivity (Wildman–Crippen MR) is 130 cm³/mol. The molecule has 4 rings (SSSR count). The first kappa shape index (κ1) is 23.0. The fraction of sp³-hybridized carbons (Fsp3) is 0.423. The summed E-state index contributed by atoms with van der Waals surface area (Å²) >= 11 is 6.49. The molecule has 2 atom stereocenters. The normalized spacial score (nSPS) is 21.6. The Morgan fingerprint density at radius 3 is 2.50 bits per heavy atom. The fourth-order valence-corrected chi connectivity index (χ4v) is 5.06. The minimum atomic E-state index is -0.138. The quantitative estimate of drug-likeness (QED) is 0.572. The van der Waals surface area contributed by atoms with Gasteiger partial charge in [0.25, 0.3) is 0 Å². The number of methoxy groups -OCH3 is 1. The number of halogens is 1. The minimum absolute atomic E-state index is 0.0910. The molecule has 2 N–H and O–H groups in total. The summed E-state index contributed by atoms with van der Waals surface area (Å²) in [6, 6.07) is 19.1. The first-order chi connectivity index (χ1) is 15.6. The van der Waals surface area contributed by atoms with Gasteiger partial charge in [-0.15, -0.1) is 0 Å². The lowest BCUT2D eigenvalue weighted by Crippen LogP contribution is -2.48. The molecule has 2 aromatic carbocycles. The minimum Gasteiger partial charge on any atom is -0.383 e. The van der Waals surface area contributed by atoms with Gasteiger partial charge in [-0.3, -0.25) is 9.69 Å². The number of hydrogen-bond donors (Lipinski definition) is 2. The van der Waals surface area contributed by atoms with E-state index in [-0.39, 0.29) is 18.0 Å². The molecule has 2 aliphatic rings. The van der Waals surface area contributed by atoms with Crippen LogP contribution >= 0.6 is 11.6 Å². The Morgan fingerprint density at radius 2 is 1.81 bits per heavy atom. The highest BCUT2D eigenvalue weighted by atomic mass is 35.5. The van der Waals surface area contributed by atoms with Crippen molar-refractivity contribution in [3.05, 3.63) is 76.3 Å². The zero-order valence-corrected chi connectivity index (χ0v) is 19.4. The third-order valence-corrected chi connectivity index (χ3v) is 6.67. The van der Waals surface area contributed by atoms with E-state index in [1.807, 2.05) is 36.4 Å². The Kier molecular flexibility index (Phi) is 7.98. The van der Waals surface area contributed by atoms with Crippen LogP contribution in [0.5, 0.6) is 0 Å². The summed E-state index contributed by atoms with van der Waals surface area (Å²) in [4.78, 5) is 15.4. The zero-order chi connectivity index (χ0) is 22.3. The molecule has 1 amide bonds. The van der Waals surface area contributed by atoms with Crippen molar-refractivity contribution in [3.8, 4) is 0 Å². The topological polar surface area (TPSA) is 53.6 Å². The number of likely N-dealkylation sites (tertiary alicyclic amines) is 1. The van der Waals surface area contributed by atoms with Crippen molar-refractivity contribution >= 4 is 23.6 Å². The third kappa shape index (κ3) is 5.78. The summed E-state index contributed by atoms with van der Waals surface area (Å²) in [6.45, 7) is 2.50. The van der Waals surface area contributed by atoms with E-state index >= 15 is 0 Å². The fourth-order valence-electron chi connectivity index (χ4n) is 4.86. The molecule has 170 valence electrons. The summed E-state index contributed by atoms with van der Waals surface area (Å²) in [7, 11) is 1.65. The van der Waals surface area contributed by atoms with Crippen molar-refractivity contribution in [1.29, 1.82) is 0 Å². The van der Waals surface area contributed by atoms with Crippen molar-refractivity contribution in [3.63, 3.8) is 0 Å². The Morgan fingerprint density at radius 1 is 1.12 bits per heavy atom. The zero-order valence-electron chi connectivity index (χ0n) is 18.6. The highest BCUT2D eigenvalue weighted by molar-refractivity contribution is 6.31. The molecule has 0 radical (unpaired) electrons. The maximum Gasteiger partial charge on any atom is 0.237 e. The van der Waals surface area contributed by atoms with Crippen molar-refractivity contribution in [2.24, 2.45) is 0 Å². The van der Waals surface area contributed by atoms with Crippen LogP contribution in [0.25, 0.3) is 6.08 Å². The molecule has 1 heterocycles. The van der Waals surface area contributed by atoms with Gasteiger partial charge < -0.3 is 15.4 Å². The molecule has 1 fully saturated rings. The predicted octanol–water partition coefficient (Wildman–Crippen LogP) is 3.23. The SMILES string of the molecule is COCCNC(=O)[C@@H]1C[C@@H](NC/C(Cl)=C/c2ccccc2)CN1C1Cc2ccccc2C1. The number of carbonyl (C=O) groups excluding carboxylic acids is 1. The molecule has 6 heteroatoms. The van der Waals surface area contributed by atoms with Gasteiger partial charge in [-0.1, -0.05) is 66.2 Å². The highest BCUT2D eigenvalue weighted by Crippen LogP contribution is 2.31. The molecular formula is C26H32ClN3O2. The molecule has 0 spiro atoms. The summed E-state index contributed by atoms with van der Waals surface area (Å²) in [5, 5.41) is 7.40. The van der Waals surface area contributed by atoms with Crippen LogP contribution < -0.4 is 10.6 Å². The Hall–Kier alpha value is -2.18. The third-order valence-electron chi connectivity index (χ3n) is 6.43. The van der Waals surface area contributed by atoms with Crippen molar-refractivity contribution in [2.45, 2.75) is 37.4 Å². The van der Waals surface area contributed by atoms with Crippen LogP contribution in [0.2, 0.25) is 0 Å². The number of benzene rings is 2. The molecule has 2 aromatic rings. The molecule has 0 bridgehead atoms. The number of fused-ring (bicyclic) bond motifs is 1. The first-order valence-electron chi connectivity index (χ1n) is 11.4. The maximum atomic E-state index is 13.0. The van der Waals surface area contributed by atoms with Gasteiger partial charge in [0.15, 0.2) is 0 Å². The molecular weight excluding hydrogens is 422 g/mol. The van der Waals surface area contributed by atoms with E-state index in [1.54, 1.807) is 7.11 Å². The van der Waals surface area contributed by atoms with E-state index in [1.165, 1.54) is 11.1 Å². The van der Waals surface area contributed by atoms with Gasteiger partial charge >= 0.3 is 0 Å². The molecule has 32 heavy (non-hydrogen) atoms. The molecule has 1 aliphatic heterocycles. The second-order valence-electron chi connectivity index (χ2n) is 8.64. The molecule has 0 aromatic heterocycles. The van der Waals surface area contributed by atoms with E-state index in [0.717, 1.165) is 36.4 Å². The number of nitrogens with zero attached hydrogens (tertiary/aromatic N) is 1. The van der Waals surface area contributed by atoms with Crippen LogP contribution in [-0.2, 0) is 22.4 Å². The Bertz CT molecular complexity index is 909. The summed E-state index contributed by atoms with van der Waals surface area (Å²) in [5.41, 5.74) is 3.90. The van der Waals surface area contributed by atoms with E-state index in [2.05, 4.69) is 39.8 Å². The van der Waals surface area contributed by atoms with Gasteiger partial charge in [0, 0.05) is 43.9 Å². The lowest BCUT2D eigenvalue weighted by Gasteiger charge is -2.29. The summed E-state index contributed by atoms with van der Waals surface area (Å²) in [5.74, 6) is 0.0910. The Labute approximate surface area is 195 Å². The van der Waals surface area contributed by atoms with E-state index in [4.69, 9.17) is 16.3 Å². The largest absolute Gasteiger partial charge is 0.383 e. The average Bonchev–Trinajstić information content (AvgIpc) is 3.43. The Balaban J connectivity index is 1.40. The van der Waals surface area contributed by atoms with Gasteiger partial charge in [0.2, 0.25) is 5.91 Å². The van der Waals surface area contributed by atoms with E-state index in [0.29, 0.717) is 25.7 Å². The molecule has 1 saturated heterocycles. The standard InChI is InChI=1S/C26H32ClN3O2/c1-32-12-11-28-26(31)25-16-23(29-17-22(27)13-19-7-3-2-4-8-19)18-30(25)24-14-20-9-5-6-10-21(20)15-24/h2-10,13,23-25,29H,11-12,14-18H2,1H3,(H,28,31)/b22-13-/t23-,25+/m1/s1. The van der Waals surface area contributed by atoms with Gasteiger partial charge in [0.05, 0.1) is 12.6 Å². The average molecular weight is 454 g/mol. The number of ether oxygens (including phenoxy) is 1. The van der Waals surface area contributed by atoms with Crippen LogP contribution in [0.1, 0.15) is 23.1 Å². The van der Waals surface area contributed by atoms with Crippen molar-refractivity contribution < 1.29 is 9.53 Å². The molecule has 0 unspecified atom stereocenters. The second kappa shape index (κ2) is 11.1. The second-order valence-corrected chi connectivity index (χ2v) is 9.13. The van der Waals surface area contributed by atoms with Crippen LogP contribution in [-0.4, -0.2) is 62.3 Å². The number of nitrogens with one attached hydrogen (secondary N) is 2. The number of hydrogen-bond acceptors (Lipinski definition) is 4. The van der Waals surface area contributed by atoms with Crippen LogP contribution in [0, 0.1) is 0 Å². The van der Waals surface area contributed by atoms with Crippen LogP contribution in [0.4, 0.5) is 0 Å². The number of carbonyl (C=O) groups is 1. The van der Waals surface area contributed by atoms with Crippen molar-refractivity contribution in [2.75, 3.05) is 33.4 Å². The van der Waals surface area contributed by atoms with Gasteiger partial charge in [0.1, 0.15) is 0 Å². The van der Waals surface area contributed by atoms with Crippen molar-refractivity contribution in [1.82, 2.24) is 15.5 Å². The number of amides is 1. The molecule has 5 nitrogen and oxygen atoms in total. The summed E-state index contributed by atoms with van der Waals surface area (Å²) in [6.07, 6.45) is 4.77. The monoisotopic (exact) mass is 453 g/mol. The molecule has 0 saturated carbocycles. The van der Waals surface area contributed by atoms with Gasteiger partial charge in [-0.05, 0) is 42.0 Å². The van der Waals surface area contributed by atoms with E-state index in [9.17, 15) is 4.79 Å². The number of rotatable bonds is 9. The lowest BCUT2D eigenvalue weighted by atomic mass is 10.1. The summed E-state index contributed by atoms with van der Waals surface area (Å²) < 4.78 is 5.10. The van der Waals surface area contributed by atoms with Crippen LogP contribution in [0.15, 0.2) is 59.6 Å². The van der Waals surface area contributed by atoms with Crippen LogP contribution in [0.3, 0.4) is 0 Å². The highest BCUT2D eigenvalue weighted by Gasteiger charge is 2.41. The first-order valence-corrected chi connectivity index (χ1v) is 11.8. The van der Waals surface area contributed by atoms with Gasteiger partial charge in [-0.2, -0.15) is 0 Å². The maximum absolute atomic E-state index is 13.0. The lowest BCUT2D eigenvalue weighted by molar-refractivity contribution is -0.126. The van der Waals surface area contributed by atoms with Gasteiger partial charge in [-0.25, -0.2) is 0 Å². The molecule has 1 aliphatic carbocycles. The van der Waals surface area contributed by atoms with E-state index < -0.39 is 0 Å².